The van der Waals surface area contributed by atoms with Crippen LogP contribution in [-0.4, -0.2) is 27.1 Å². The van der Waals surface area contributed by atoms with Gasteiger partial charge in [-0.2, -0.15) is 0 Å². The molecule has 1 rings (SSSR count). The second-order valence-corrected chi connectivity index (χ2v) is 21.5. The molecule has 1 aliphatic rings. The van der Waals surface area contributed by atoms with Gasteiger partial charge in [0.15, 0.2) is 7.83 Å². The van der Waals surface area contributed by atoms with Gasteiger partial charge in [-0.1, -0.05) is 26.1 Å². The lowest BCUT2D eigenvalue weighted by molar-refractivity contribution is 0.0438. The molecule has 0 bridgehead atoms. The van der Waals surface area contributed by atoms with Crippen LogP contribution >= 0.6 is 0 Å². The second kappa shape index (κ2) is 3.98. The van der Waals surface area contributed by atoms with Gasteiger partial charge in [0.1, 0.15) is 0 Å². The van der Waals surface area contributed by atoms with Gasteiger partial charge in [-0.3, -0.25) is 0 Å². The summed E-state index contributed by atoms with van der Waals surface area (Å²) in [5, 5.41) is 0. The van der Waals surface area contributed by atoms with E-state index in [9.17, 15) is 0 Å². The molecule has 4 heteroatoms. The van der Waals surface area contributed by atoms with Crippen molar-refractivity contribution in [3.8, 4) is 0 Å². The SMILES string of the molecule is CCC(N)C1(C)CC[Si](C)(C)[Si](C)(C)O1. The van der Waals surface area contributed by atoms with Crippen LogP contribution in [0.5, 0.6) is 0 Å². The summed E-state index contributed by atoms with van der Waals surface area (Å²) in [6, 6.07) is 1.59. The molecule has 1 heterocycles. The summed E-state index contributed by atoms with van der Waals surface area (Å²) >= 11 is 0. The van der Waals surface area contributed by atoms with Crippen LogP contribution in [-0.2, 0) is 4.43 Å². The van der Waals surface area contributed by atoms with Gasteiger partial charge in [-0.25, -0.2) is 0 Å². The Kier molecular flexibility index (Phi) is 3.56. The molecule has 90 valence electrons. The van der Waals surface area contributed by atoms with E-state index in [1.807, 2.05) is 0 Å². The van der Waals surface area contributed by atoms with Crippen molar-refractivity contribution in [1.82, 2.24) is 0 Å². The van der Waals surface area contributed by atoms with Gasteiger partial charge in [0, 0.05) is 6.04 Å². The van der Waals surface area contributed by atoms with Gasteiger partial charge >= 0.3 is 0 Å². The summed E-state index contributed by atoms with van der Waals surface area (Å²) in [7, 11) is -2.58. The number of hydrogen-bond donors (Lipinski definition) is 1. The molecule has 2 unspecified atom stereocenters. The van der Waals surface area contributed by atoms with Gasteiger partial charge in [0.25, 0.3) is 0 Å². The highest BCUT2D eigenvalue weighted by Gasteiger charge is 2.52. The molecule has 15 heavy (non-hydrogen) atoms. The smallest absolute Gasteiger partial charge is 0.174 e. The first kappa shape index (κ1) is 13.4. The molecular formula is C11H27NOSi2. The van der Waals surface area contributed by atoms with E-state index in [4.69, 9.17) is 10.2 Å². The summed E-state index contributed by atoms with van der Waals surface area (Å²) in [6.07, 6.45) is 2.18. The molecule has 1 saturated heterocycles. The van der Waals surface area contributed by atoms with E-state index in [0.717, 1.165) is 12.8 Å². The van der Waals surface area contributed by atoms with Crippen LogP contribution in [0.3, 0.4) is 0 Å². The second-order valence-electron chi connectivity index (χ2n) is 6.32. The first-order valence-corrected chi connectivity index (χ1v) is 13.2. The zero-order valence-corrected chi connectivity index (χ0v) is 13.2. The van der Waals surface area contributed by atoms with E-state index in [1.54, 1.807) is 0 Å². The minimum Gasteiger partial charge on any atom is -0.413 e. The Morgan fingerprint density at radius 3 is 2.27 bits per heavy atom. The lowest BCUT2D eigenvalue weighted by Gasteiger charge is -2.52. The van der Waals surface area contributed by atoms with Crippen LogP contribution < -0.4 is 5.73 Å². The van der Waals surface area contributed by atoms with Crippen LogP contribution in [0.4, 0.5) is 0 Å². The fraction of sp³-hybridized carbons (Fsp3) is 1.00. The molecule has 0 aromatic rings. The standard InChI is InChI=1S/C11H27NOSi2/c1-7-10(12)11(2)8-9-14(3,4)15(5,6)13-11/h10H,7-9,12H2,1-6H3. The van der Waals surface area contributed by atoms with Gasteiger partial charge in [-0.15, -0.1) is 0 Å². The highest BCUT2D eigenvalue weighted by atomic mass is 29.3. The van der Waals surface area contributed by atoms with E-state index in [-0.39, 0.29) is 11.6 Å². The van der Waals surface area contributed by atoms with Crippen LogP contribution in [0.25, 0.3) is 0 Å². The quantitative estimate of drug-likeness (QED) is 0.759. The summed E-state index contributed by atoms with van der Waals surface area (Å²) in [6.45, 7) is 14.1. The average Bonchev–Trinajstić information content (AvgIpc) is 2.11. The topological polar surface area (TPSA) is 35.2 Å². The summed E-state index contributed by atoms with van der Waals surface area (Å²) in [4.78, 5) is 0. The Bertz CT molecular complexity index is 243. The molecule has 1 fully saturated rings. The third kappa shape index (κ3) is 2.38. The van der Waals surface area contributed by atoms with Gasteiger partial charge in [0.05, 0.1) is 13.2 Å². The number of nitrogens with two attached hydrogens (primary N) is 1. The minimum absolute atomic E-state index is 0.0486. The molecule has 0 amide bonds. The zero-order chi connectivity index (χ0) is 11.9. The highest BCUT2D eigenvalue weighted by Crippen LogP contribution is 2.40. The van der Waals surface area contributed by atoms with Crippen LogP contribution in [0, 0.1) is 0 Å². The average molecular weight is 246 g/mol. The third-order valence-electron chi connectivity index (χ3n) is 4.59. The van der Waals surface area contributed by atoms with Gasteiger partial charge in [-0.05, 0) is 32.9 Å². The largest absolute Gasteiger partial charge is 0.413 e. The van der Waals surface area contributed by atoms with Gasteiger partial charge < -0.3 is 10.2 Å². The molecule has 0 aromatic heterocycles. The Morgan fingerprint density at radius 1 is 1.33 bits per heavy atom. The molecular weight excluding hydrogens is 218 g/mol. The monoisotopic (exact) mass is 245 g/mol. The van der Waals surface area contributed by atoms with E-state index in [1.165, 1.54) is 6.04 Å². The van der Waals surface area contributed by atoms with Crippen molar-refractivity contribution in [2.24, 2.45) is 5.73 Å². The maximum Gasteiger partial charge on any atom is 0.174 e. The summed E-state index contributed by atoms with van der Waals surface area (Å²) in [5.41, 5.74) is 6.16. The first-order chi connectivity index (χ1) is 6.65. The van der Waals surface area contributed by atoms with Crippen molar-refractivity contribution in [3.63, 3.8) is 0 Å². The Hall–Kier alpha value is 0.354. The Labute approximate surface area is 96.5 Å². The third-order valence-corrected chi connectivity index (χ3v) is 21.2. The predicted molar refractivity (Wildman–Crippen MR) is 72.1 cm³/mol. The van der Waals surface area contributed by atoms with Crippen molar-refractivity contribution in [2.75, 3.05) is 0 Å². The van der Waals surface area contributed by atoms with E-state index >= 15 is 0 Å². The van der Waals surface area contributed by atoms with Crippen molar-refractivity contribution >= 4 is 15.4 Å². The highest BCUT2D eigenvalue weighted by molar-refractivity contribution is 7.38. The predicted octanol–water partition coefficient (Wildman–Crippen LogP) is 2.89. The molecule has 2 N–H and O–H groups in total. The fourth-order valence-electron chi connectivity index (χ4n) is 2.33. The lowest BCUT2D eigenvalue weighted by atomic mass is 9.92. The maximum atomic E-state index is 6.50. The lowest BCUT2D eigenvalue weighted by Crippen LogP contribution is -2.68. The van der Waals surface area contributed by atoms with Crippen LogP contribution in [0.15, 0.2) is 0 Å². The summed E-state index contributed by atoms with van der Waals surface area (Å²) in [5.74, 6) is 0. The minimum atomic E-state index is -1.47. The van der Waals surface area contributed by atoms with Crippen LogP contribution in [0.1, 0.15) is 26.7 Å². The molecule has 2 nitrogen and oxygen atoms in total. The number of hydrogen-bond acceptors (Lipinski definition) is 2. The molecule has 0 aliphatic carbocycles. The van der Waals surface area contributed by atoms with Crippen molar-refractivity contribution in [1.29, 1.82) is 0 Å². The van der Waals surface area contributed by atoms with E-state index in [2.05, 4.69) is 40.0 Å². The summed E-state index contributed by atoms with van der Waals surface area (Å²) < 4.78 is 6.50. The molecule has 0 spiro atoms. The molecule has 0 aromatic carbocycles. The zero-order valence-electron chi connectivity index (χ0n) is 11.2. The van der Waals surface area contributed by atoms with Crippen LogP contribution in [0.2, 0.25) is 32.2 Å². The number of rotatable bonds is 2. The fourth-order valence-corrected chi connectivity index (χ4v) is 9.46. The molecule has 0 radical (unpaired) electrons. The van der Waals surface area contributed by atoms with Gasteiger partial charge in [0.2, 0.25) is 0 Å². The van der Waals surface area contributed by atoms with E-state index < -0.39 is 15.4 Å². The molecule has 1 aliphatic heterocycles. The first-order valence-electron chi connectivity index (χ1n) is 6.10. The van der Waals surface area contributed by atoms with E-state index in [0.29, 0.717) is 0 Å². The molecule has 2 atom stereocenters. The van der Waals surface area contributed by atoms with Crippen molar-refractivity contribution in [3.05, 3.63) is 0 Å². The normalized spacial score (nSPS) is 36.2. The van der Waals surface area contributed by atoms with Crippen molar-refractivity contribution in [2.45, 2.75) is 70.6 Å². The molecule has 0 saturated carbocycles. The maximum absolute atomic E-state index is 6.50. The Morgan fingerprint density at radius 2 is 1.87 bits per heavy atom. The Balaban J connectivity index is 2.86. The van der Waals surface area contributed by atoms with Crippen molar-refractivity contribution < 1.29 is 4.43 Å².